The van der Waals surface area contributed by atoms with Crippen LogP contribution in [0.4, 0.5) is 0 Å². The van der Waals surface area contributed by atoms with Gasteiger partial charge in [-0.1, -0.05) is 133 Å². The van der Waals surface area contributed by atoms with Crippen LogP contribution in [0.5, 0.6) is 0 Å². The van der Waals surface area contributed by atoms with E-state index in [0.717, 1.165) is 50.2 Å². The Morgan fingerprint density at radius 1 is 0.386 bits per heavy atom. The molecule has 0 aliphatic rings. The summed E-state index contributed by atoms with van der Waals surface area (Å²) < 4.78 is 7.33. The number of hydrogen-bond acceptors (Lipinski definition) is 3. The van der Waals surface area contributed by atoms with Crippen molar-refractivity contribution in [3.63, 3.8) is 0 Å². The molecular formula is C52H30N4S. The molecule has 264 valence electrons. The third-order valence-corrected chi connectivity index (χ3v) is 13.1. The van der Waals surface area contributed by atoms with Gasteiger partial charge in [0.1, 0.15) is 5.69 Å². The summed E-state index contributed by atoms with van der Waals surface area (Å²) in [4.78, 5) is 10.9. The quantitative estimate of drug-likeness (QED) is 0.181. The molecule has 0 bridgehead atoms. The first-order chi connectivity index (χ1) is 28.3. The zero-order chi connectivity index (χ0) is 37.2. The number of rotatable bonds is 3. The van der Waals surface area contributed by atoms with Crippen LogP contribution in [0.1, 0.15) is 0 Å². The molecule has 0 radical (unpaired) electrons. The van der Waals surface area contributed by atoms with Crippen molar-refractivity contribution in [1.29, 1.82) is 0 Å². The summed E-state index contributed by atoms with van der Waals surface area (Å²) in [6.45, 7) is 0. The molecule has 4 nitrogen and oxygen atoms in total. The van der Waals surface area contributed by atoms with Crippen LogP contribution in [0.15, 0.2) is 182 Å². The number of nitrogens with zero attached hydrogens (tertiary/aromatic N) is 4. The van der Waals surface area contributed by atoms with Crippen LogP contribution in [0.25, 0.3) is 119 Å². The molecular weight excluding hydrogens is 713 g/mol. The van der Waals surface area contributed by atoms with Gasteiger partial charge in [-0.05, 0) is 59.3 Å². The van der Waals surface area contributed by atoms with E-state index in [-0.39, 0.29) is 0 Å². The number of fused-ring (bicyclic) bond motifs is 13. The zero-order valence-corrected chi connectivity index (χ0v) is 31.3. The average Bonchev–Trinajstić information content (AvgIpc) is 3.93. The second-order valence-corrected chi connectivity index (χ2v) is 16.0. The first-order valence-electron chi connectivity index (χ1n) is 19.3. The number of aromatic nitrogens is 4. The Labute approximate surface area is 330 Å². The molecule has 0 N–H and O–H groups in total. The molecule has 0 amide bonds. The van der Waals surface area contributed by atoms with Crippen LogP contribution in [0, 0.1) is 0 Å². The molecule has 4 heterocycles. The highest BCUT2D eigenvalue weighted by molar-refractivity contribution is 7.26. The lowest BCUT2D eigenvalue weighted by Gasteiger charge is -2.15. The molecule has 57 heavy (non-hydrogen) atoms. The molecule has 13 aromatic rings. The maximum Gasteiger partial charge on any atom is 0.165 e. The van der Waals surface area contributed by atoms with Crippen molar-refractivity contribution in [3.8, 4) is 22.8 Å². The van der Waals surface area contributed by atoms with Gasteiger partial charge in [0, 0.05) is 58.1 Å². The molecule has 0 aliphatic carbocycles. The predicted octanol–water partition coefficient (Wildman–Crippen LogP) is 14.2. The van der Waals surface area contributed by atoms with Gasteiger partial charge in [0.25, 0.3) is 0 Å². The SMILES string of the molecule is c1cc(-n2c3ccccc3c3ccc4ccccc4c32)c2cc3c4ccccc4n(-c4nc5ccccc5nc4-c4cccc5c4sc4ccccc45)c3cc2c1. The summed E-state index contributed by atoms with van der Waals surface area (Å²) in [5.41, 5.74) is 9.51. The summed E-state index contributed by atoms with van der Waals surface area (Å²) in [7, 11) is 0. The minimum atomic E-state index is 0.828. The van der Waals surface area contributed by atoms with Crippen LogP contribution < -0.4 is 0 Å². The van der Waals surface area contributed by atoms with E-state index >= 15 is 0 Å². The highest BCUT2D eigenvalue weighted by atomic mass is 32.1. The van der Waals surface area contributed by atoms with Gasteiger partial charge in [-0.25, -0.2) is 9.97 Å². The van der Waals surface area contributed by atoms with E-state index in [1.54, 1.807) is 0 Å². The Morgan fingerprint density at radius 2 is 1.04 bits per heavy atom. The van der Waals surface area contributed by atoms with E-state index in [0.29, 0.717) is 0 Å². The van der Waals surface area contributed by atoms with Crippen molar-refractivity contribution in [2.75, 3.05) is 0 Å². The monoisotopic (exact) mass is 742 g/mol. The van der Waals surface area contributed by atoms with E-state index in [4.69, 9.17) is 9.97 Å². The Kier molecular flexibility index (Phi) is 6.29. The van der Waals surface area contributed by atoms with Gasteiger partial charge < -0.3 is 4.57 Å². The Morgan fingerprint density at radius 3 is 1.89 bits per heavy atom. The van der Waals surface area contributed by atoms with Gasteiger partial charge in [0.15, 0.2) is 5.82 Å². The predicted molar refractivity (Wildman–Crippen MR) is 242 cm³/mol. The molecule has 4 aromatic heterocycles. The highest BCUT2D eigenvalue weighted by Crippen LogP contribution is 2.44. The molecule has 0 aliphatic heterocycles. The van der Waals surface area contributed by atoms with Crippen LogP contribution >= 0.6 is 11.3 Å². The summed E-state index contributed by atoms with van der Waals surface area (Å²) >= 11 is 1.83. The van der Waals surface area contributed by atoms with Gasteiger partial charge in [0.05, 0.1) is 38.8 Å². The van der Waals surface area contributed by atoms with Crippen molar-refractivity contribution < 1.29 is 0 Å². The topological polar surface area (TPSA) is 35.6 Å². The molecule has 0 fully saturated rings. The van der Waals surface area contributed by atoms with Gasteiger partial charge in [-0.2, -0.15) is 0 Å². The van der Waals surface area contributed by atoms with Crippen molar-refractivity contribution in [1.82, 2.24) is 19.1 Å². The minimum Gasteiger partial charge on any atom is -0.308 e. The minimum absolute atomic E-state index is 0.828. The van der Waals surface area contributed by atoms with E-state index in [9.17, 15) is 0 Å². The molecule has 0 atom stereocenters. The molecule has 0 saturated carbocycles. The zero-order valence-electron chi connectivity index (χ0n) is 30.5. The second-order valence-electron chi connectivity index (χ2n) is 14.9. The van der Waals surface area contributed by atoms with E-state index in [1.807, 2.05) is 23.5 Å². The fourth-order valence-electron chi connectivity index (χ4n) is 9.39. The largest absolute Gasteiger partial charge is 0.308 e. The first kappa shape index (κ1) is 30.9. The van der Waals surface area contributed by atoms with Crippen LogP contribution in [0.2, 0.25) is 0 Å². The van der Waals surface area contributed by atoms with E-state index < -0.39 is 0 Å². The lowest BCUT2D eigenvalue weighted by molar-refractivity contribution is 1.08. The average molecular weight is 743 g/mol. The van der Waals surface area contributed by atoms with Crippen molar-refractivity contribution in [2.45, 2.75) is 0 Å². The Bertz CT molecular complexity index is 3830. The number of benzene rings is 9. The maximum atomic E-state index is 5.49. The Hall–Kier alpha value is -7.34. The van der Waals surface area contributed by atoms with E-state index in [2.05, 4.69) is 179 Å². The number of thiophene rings is 1. The summed E-state index contributed by atoms with van der Waals surface area (Å²) in [5, 5.41) is 12.2. The molecule has 9 aromatic carbocycles. The van der Waals surface area contributed by atoms with Gasteiger partial charge in [-0.3, -0.25) is 4.57 Å². The molecule has 13 rings (SSSR count). The summed E-state index contributed by atoms with van der Waals surface area (Å²) in [5.74, 6) is 0.828. The van der Waals surface area contributed by atoms with Crippen LogP contribution in [-0.2, 0) is 0 Å². The van der Waals surface area contributed by atoms with Crippen LogP contribution in [0.3, 0.4) is 0 Å². The fourth-order valence-corrected chi connectivity index (χ4v) is 10.6. The van der Waals surface area contributed by atoms with Crippen molar-refractivity contribution >= 4 is 108 Å². The van der Waals surface area contributed by atoms with Gasteiger partial charge in [0.2, 0.25) is 0 Å². The van der Waals surface area contributed by atoms with Crippen molar-refractivity contribution in [3.05, 3.63) is 182 Å². The molecule has 0 saturated heterocycles. The lowest BCUT2D eigenvalue weighted by atomic mass is 10.0. The fraction of sp³-hybridized carbons (Fsp3) is 0. The smallest absolute Gasteiger partial charge is 0.165 e. The van der Waals surface area contributed by atoms with E-state index in [1.165, 1.54) is 68.9 Å². The summed E-state index contributed by atoms with van der Waals surface area (Å²) in [6, 6.07) is 65.8. The lowest BCUT2D eigenvalue weighted by Crippen LogP contribution is -2.04. The number of para-hydroxylation sites is 4. The molecule has 0 unspecified atom stereocenters. The van der Waals surface area contributed by atoms with Crippen LogP contribution in [-0.4, -0.2) is 19.1 Å². The first-order valence-corrected chi connectivity index (χ1v) is 20.2. The van der Waals surface area contributed by atoms with Gasteiger partial charge in [-0.15, -0.1) is 11.3 Å². The normalized spacial score (nSPS) is 12.2. The molecule has 5 heteroatoms. The highest BCUT2D eigenvalue weighted by Gasteiger charge is 2.23. The Balaban J connectivity index is 1.14. The third-order valence-electron chi connectivity index (χ3n) is 11.9. The maximum absolute atomic E-state index is 5.49. The summed E-state index contributed by atoms with van der Waals surface area (Å²) in [6.07, 6.45) is 0. The standard InChI is InChI=1S/C52H30N4S/c1-2-15-33-31(13-1)27-28-37-34-16-3-8-23-44(34)55(50(33)37)46-25-11-14-32-29-47-41(30-40(32)46)35-17-4-9-24-45(35)56(47)52-49(53-42-21-6-7-22-43(42)54-52)39-20-12-19-38-36-18-5-10-26-48(36)57-51(38)39/h1-30H. The third kappa shape index (κ3) is 4.32. The van der Waals surface area contributed by atoms with Gasteiger partial charge >= 0.3 is 0 Å². The molecule has 0 spiro atoms. The number of hydrogen-bond donors (Lipinski definition) is 0. The van der Waals surface area contributed by atoms with Crippen molar-refractivity contribution in [2.24, 2.45) is 0 Å². The second kappa shape index (κ2) is 11.6.